The lowest BCUT2D eigenvalue weighted by Crippen LogP contribution is -2.37. The van der Waals surface area contributed by atoms with Crippen molar-refractivity contribution in [3.63, 3.8) is 0 Å². The number of carbonyl (C=O) groups excluding carboxylic acids is 2. The minimum atomic E-state index is -0.262. The molecule has 0 atom stereocenters. The summed E-state index contributed by atoms with van der Waals surface area (Å²) in [5, 5.41) is 5.38. The van der Waals surface area contributed by atoms with E-state index >= 15 is 0 Å². The minimum absolute atomic E-state index is 0.00182. The third-order valence-corrected chi connectivity index (χ3v) is 2.94. The van der Waals surface area contributed by atoms with E-state index in [9.17, 15) is 9.59 Å². The molecule has 0 aliphatic rings. The van der Waals surface area contributed by atoms with Crippen LogP contribution in [0.2, 0.25) is 0 Å². The van der Waals surface area contributed by atoms with Gasteiger partial charge in [0.15, 0.2) is 0 Å². The summed E-state index contributed by atoms with van der Waals surface area (Å²) in [4.78, 5) is 23.4. The third kappa shape index (κ3) is 6.79. The SMILES string of the molecule is CCCCCNC(=O)CNC(=O)c1ccc(OCC)cc1. The topological polar surface area (TPSA) is 67.4 Å². The zero-order valence-electron chi connectivity index (χ0n) is 12.8. The molecule has 0 saturated carbocycles. The Labute approximate surface area is 126 Å². The highest BCUT2D eigenvalue weighted by molar-refractivity contribution is 5.96. The molecule has 2 N–H and O–H groups in total. The largest absolute Gasteiger partial charge is 0.494 e. The van der Waals surface area contributed by atoms with E-state index in [2.05, 4.69) is 17.6 Å². The van der Waals surface area contributed by atoms with E-state index in [-0.39, 0.29) is 18.4 Å². The highest BCUT2D eigenvalue weighted by Gasteiger charge is 2.07. The van der Waals surface area contributed by atoms with Gasteiger partial charge in [-0.15, -0.1) is 0 Å². The van der Waals surface area contributed by atoms with Gasteiger partial charge >= 0.3 is 0 Å². The second kappa shape index (κ2) is 9.80. The van der Waals surface area contributed by atoms with E-state index in [4.69, 9.17) is 4.74 Å². The summed E-state index contributed by atoms with van der Waals surface area (Å²) in [7, 11) is 0. The van der Waals surface area contributed by atoms with Gasteiger partial charge in [0.05, 0.1) is 13.2 Å². The van der Waals surface area contributed by atoms with Gasteiger partial charge in [-0.25, -0.2) is 0 Å². The number of ether oxygens (including phenoxy) is 1. The molecule has 1 aromatic rings. The molecule has 0 bridgehead atoms. The minimum Gasteiger partial charge on any atom is -0.494 e. The molecule has 116 valence electrons. The van der Waals surface area contributed by atoms with Crippen LogP contribution in [-0.4, -0.2) is 31.5 Å². The monoisotopic (exact) mass is 292 g/mol. The molecule has 0 saturated heterocycles. The third-order valence-electron chi connectivity index (χ3n) is 2.94. The molecule has 0 heterocycles. The summed E-state index contributed by atoms with van der Waals surface area (Å²) in [6.45, 7) is 5.26. The highest BCUT2D eigenvalue weighted by atomic mass is 16.5. The normalized spacial score (nSPS) is 10.0. The van der Waals surface area contributed by atoms with Crippen LogP contribution in [0.5, 0.6) is 5.75 Å². The van der Waals surface area contributed by atoms with Gasteiger partial charge < -0.3 is 15.4 Å². The van der Waals surface area contributed by atoms with E-state index in [1.54, 1.807) is 24.3 Å². The highest BCUT2D eigenvalue weighted by Crippen LogP contribution is 2.11. The summed E-state index contributed by atoms with van der Waals surface area (Å²) in [6.07, 6.45) is 3.18. The van der Waals surface area contributed by atoms with Crippen molar-refractivity contribution in [3.8, 4) is 5.75 Å². The molecule has 0 aliphatic carbocycles. The Bertz CT molecular complexity index is 443. The number of hydrogen-bond acceptors (Lipinski definition) is 3. The Kier molecular flexibility index (Phi) is 7.94. The number of benzene rings is 1. The molecule has 0 aromatic heterocycles. The predicted octanol–water partition coefficient (Wildman–Crippen LogP) is 2.12. The Morgan fingerprint density at radius 3 is 2.38 bits per heavy atom. The molecule has 1 aromatic carbocycles. The average molecular weight is 292 g/mol. The van der Waals surface area contributed by atoms with Gasteiger partial charge in [-0.1, -0.05) is 19.8 Å². The molecule has 21 heavy (non-hydrogen) atoms. The van der Waals surface area contributed by atoms with Gasteiger partial charge in [0.1, 0.15) is 5.75 Å². The first-order valence-electron chi connectivity index (χ1n) is 7.45. The van der Waals surface area contributed by atoms with Crippen LogP contribution in [0.25, 0.3) is 0 Å². The number of carbonyl (C=O) groups is 2. The Balaban J connectivity index is 2.31. The summed E-state index contributed by atoms with van der Waals surface area (Å²) >= 11 is 0. The second-order valence-corrected chi connectivity index (χ2v) is 4.70. The Morgan fingerprint density at radius 1 is 1.05 bits per heavy atom. The maximum Gasteiger partial charge on any atom is 0.251 e. The average Bonchev–Trinajstić information content (AvgIpc) is 2.50. The number of hydrogen-bond donors (Lipinski definition) is 2. The van der Waals surface area contributed by atoms with Crippen molar-refractivity contribution in [1.82, 2.24) is 10.6 Å². The molecule has 0 unspecified atom stereocenters. The van der Waals surface area contributed by atoms with Gasteiger partial charge in [-0.05, 0) is 37.6 Å². The zero-order valence-corrected chi connectivity index (χ0v) is 12.8. The first-order chi connectivity index (χ1) is 10.2. The number of rotatable bonds is 9. The number of unbranched alkanes of at least 4 members (excludes halogenated alkanes) is 2. The fourth-order valence-electron chi connectivity index (χ4n) is 1.80. The van der Waals surface area contributed by atoms with E-state index in [1.165, 1.54) is 0 Å². The Hall–Kier alpha value is -2.04. The van der Waals surface area contributed by atoms with Crippen molar-refractivity contribution in [2.45, 2.75) is 33.1 Å². The van der Waals surface area contributed by atoms with Gasteiger partial charge in [0.25, 0.3) is 5.91 Å². The van der Waals surface area contributed by atoms with Crippen LogP contribution in [0.1, 0.15) is 43.5 Å². The summed E-state index contributed by atoms with van der Waals surface area (Å²) in [5.41, 5.74) is 0.511. The molecule has 2 amide bonds. The summed E-state index contributed by atoms with van der Waals surface area (Å²) in [5.74, 6) is 0.301. The second-order valence-electron chi connectivity index (χ2n) is 4.70. The predicted molar refractivity (Wildman–Crippen MR) is 82.5 cm³/mol. The Morgan fingerprint density at radius 2 is 1.76 bits per heavy atom. The van der Waals surface area contributed by atoms with Gasteiger partial charge in [0, 0.05) is 12.1 Å². The van der Waals surface area contributed by atoms with E-state index < -0.39 is 0 Å². The van der Waals surface area contributed by atoms with Crippen molar-refractivity contribution < 1.29 is 14.3 Å². The van der Waals surface area contributed by atoms with Crippen molar-refractivity contribution >= 4 is 11.8 Å². The standard InChI is InChI=1S/C16H24N2O3/c1-3-5-6-11-17-15(19)12-18-16(20)13-7-9-14(10-8-13)21-4-2/h7-10H,3-6,11-12H2,1-2H3,(H,17,19)(H,18,20). The van der Waals surface area contributed by atoms with E-state index in [0.717, 1.165) is 25.0 Å². The van der Waals surface area contributed by atoms with Crippen molar-refractivity contribution in [1.29, 1.82) is 0 Å². The molecule has 0 fully saturated rings. The van der Waals surface area contributed by atoms with Crippen LogP contribution in [0.4, 0.5) is 0 Å². The smallest absolute Gasteiger partial charge is 0.251 e. The lowest BCUT2D eigenvalue weighted by Gasteiger charge is -2.07. The van der Waals surface area contributed by atoms with E-state index in [1.807, 2.05) is 6.92 Å². The maximum atomic E-state index is 11.9. The molecular weight excluding hydrogens is 268 g/mol. The van der Waals surface area contributed by atoms with Crippen LogP contribution in [0, 0.1) is 0 Å². The van der Waals surface area contributed by atoms with Gasteiger partial charge in [0.2, 0.25) is 5.91 Å². The zero-order chi connectivity index (χ0) is 15.5. The van der Waals surface area contributed by atoms with Crippen molar-refractivity contribution in [2.75, 3.05) is 19.7 Å². The van der Waals surface area contributed by atoms with Crippen LogP contribution >= 0.6 is 0 Å². The quantitative estimate of drug-likeness (QED) is 0.685. The van der Waals surface area contributed by atoms with Crippen molar-refractivity contribution in [2.24, 2.45) is 0 Å². The lowest BCUT2D eigenvalue weighted by atomic mass is 10.2. The molecule has 5 nitrogen and oxygen atoms in total. The molecule has 0 aliphatic heterocycles. The van der Waals surface area contributed by atoms with Crippen LogP contribution in [-0.2, 0) is 4.79 Å². The molecule has 0 spiro atoms. The van der Waals surface area contributed by atoms with E-state index in [0.29, 0.717) is 18.7 Å². The van der Waals surface area contributed by atoms with Crippen molar-refractivity contribution in [3.05, 3.63) is 29.8 Å². The molecular formula is C16H24N2O3. The summed E-state index contributed by atoms with van der Waals surface area (Å²) in [6, 6.07) is 6.84. The number of amides is 2. The van der Waals surface area contributed by atoms with Gasteiger partial charge in [-0.3, -0.25) is 9.59 Å². The molecule has 5 heteroatoms. The number of nitrogens with one attached hydrogen (secondary N) is 2. The van der Waals surface area contributed by atoms with Gasteiger partial charge in [-0.2, -0.15) is 0 Å². The fraction of sp³-hybridized carbons (Fsp3) is 0.500. The molecule has 1 rings (SSSR count). The lowest BCUT2D eigenvalue weighted by molar-refractivity contribution is -0.120. The fourth-order valence-corrected chi connectivity index (χ4v) is 1.80. The van der Waals surface area contributed by atoms with Crippen LogP contribution < -0.4 is 15.4 Å². The van der Waals surface area contributed by atoms with Crippen LogP contribution in [0.15, 0.2) is 24.3 Å². The van der Waals surface area contributed by atoms with Crippen LogP contribution in [0.3, 0.4) is 0 Å². The molecule has 0 radical (unpaired) electrons. The maximum absolute atomic E-state index is 11.9. The first-order valence-corrected chi connectivity index (χ1v) is 7.45. The first kappa shape index (κ1) is 17.0. The summed E-state index contributed by atoms with van der Waals surface area (Å²) < 4.78 is 5.31.